The van der Waals surface area contributed by atoms with Gasteiger partial charge in [-0.3, -0.25) is 4.79 Å². The molecule has 0 bridgehead atoms. The van der Waals surface area contributed by atoms with Crippen molar-refractivity contribution in [2.75, 3.05) is 20.8 Å². The quantitative estimate of drug-likeness (QED) is 0.358. The molecule has 2 atom stereocenters. The molecule has 3 rings (SSSR count). The fourth-order valence-electron chi connectivity index (χ4n) is 3.47. The largest absolute Gasteiger partial charge is 0.619 e. The molecule has 0 aliphatic carbocycles. The van der Waals surface area contributed by atoms with Crippen LogP contribution in [0.2, 0.25) is 10.0 Å². The summed E-state index contributed by atoms with van der Waals surface area (Å²) in [6.07, 6.45) is 4.68. The lowest BCUT2D eigenvalue weighted by Crippen LogP contribution is -2.42. The summed E-state index contributed by atoms with van der Waals surface area (Å²) in [5.41, 5.74) is 1.22. The van der Waals surface area contributed by atoms with Crippen LogP contribution in [0.4, 0.5) is 0 Å². The summed E-state index contributed by atoms with van der Waals surface area (Å²) in [4.78, 5) is 12.8. The van der Waals surface area contributed by atoms with Gasteiger partial charge >= 0.3 is 5.97 Å². The number of nitrogens with zero attached hydrogens (tertiary/aromatic N) is 1. The molecule has 1 aliphatic rings. The van der Waals surface area contributed by atoms with Crippen molar-refractivity contribution in [2.45, 2.75) is 37.8 Å². The number of halogens is 3. The molecular formula is C21H25Cl3N2O5. The van der Waals surface area contributed by atoms with Crippen molar-refractivity contribution in [2.24, 2.45) is 0 Å². The minimum atomic E-state index is -0.682. The number of benzene rings is 1. The topological polar surface area (TPSA) is 83.7 Å². The zero-order valence-electron chi connectivity index (χ0n) is 17.2. The third-order valence-electron chi connectivity index (χ3n) is 5.08. The summed E-state index contributed by atoms with van der Waals surface area (Å²) in [7, 11) is 3.08. The fourth-order valence-corrected chi connectivity index (χ4v) is 4.07. The third-order valence-corrected chi connectivity index (χ3v) is 5.73. The maximum absolute atomic E-state index is 12.8. The number of hydrogen-bond acceptors (Lipinski definition) is 6. The van der Waals surface area contributed by atoms with Crippen molar-refractivity contribution in [3.63, 3.8) is 0 Å². The van der Waals surface area contributed by atoms with E-state index in [9.17, 15) is 10.0 Å². The first-order chi connectivity index (χ1) is 14.4. The van der Waals surface area contributed by atoms with Crippen LogP contribution in [0.1, 0.15) is 36.5 Å². The van der Waals surface area contributed by atoms with Gasteiger partial charge in [0, 0.05) is 12.0 Å². The summed E-state index contributed by atoms with van der Waals surface area (Å²) in [5, 5.41) is 15.2. The summed E-state index contributed by atoms with van der Waals surface area (Å²) in [6, 6.07) is 4.94. The van der Waals surface area contributed by atoms with Gasteiger partial charge in [-0.15, -0.1) is 12.4 Å². The Hall–Kier alpha value is -1.93. The first-order valence-electron chi connectivity index (χ1n) is 9.65. The van der Waals surface area contributed by atoms with E-state index in [0.717, 1.165) is 25.8 Å². The van der Waals surface area contributed by atoms with Crippen LogP contribution in [0.5, 0.6) is 11.5 Å². The van der Waals surface area contributed by atoms with Gasteiger partial charge in [-0.05, 0) is 37.1 Å². The minimum absolute atomic E-state index is 0. The van der Waals surface area contributed by atoms with Crippen molar-refractivity contribution >= 4 is 41.6 Å². The van der Waals surface area contributed by atoms with Crippen LogP contribution in [-0.2, 0) is 16.0 Å². The first-order valence-corrected chi connectivity index (χ1v) is 10.4. The van der Waals surface area contributed by atoms with Gasteiger partial charge in [0.15, 0.2) is 23.9 Å². The van der Waals surface area contributed by atoms with Crippen molar-refractivity contribution < 1.29 is 23.7 Å². The highest BCUT2D eigenvalue weighted by molar-refractivity contribution is 6.35. The molecule has 0 unspecified atom stereocenters. The molecule has 0 radical (unpaired) electrons. The smallest absolute Gasteiger partial charge is 0.323 e. The second-order valence-electron chi connectivity index (χ2n) is 7.04. The predicted molar refractivity (Wildman–Crippen MR) is 120 cm³/mol. The number of carbonyl (C=O) groups excluding carboxylic acids is 1. The van der Waals surface area contributed by atoms with E-state index in [4.69, 9.17) is 37.4 Å². The minimum Gasteiger partial charge on any atom is -0.619 e. The Kier molecular flexibility index (Phi) is 9.50. The van der Waals surface area contributed by atoms with Gasteiger partial charge in [-0.25, -0.2) is 0 Å². The number of pyridine rings is 1. The molecule has 1 aromatic heterocycles. The molecular weight excluding hydrogens is 467 g/mol. The zero-order valence-corrected chi connectivity index (χ0v) is 19.6. The van der Waals surface area contributed by atoms with Gasteiger partial charge in [0.1, 0.15) is 22.2 Å². The Balaban J connectivity index is 0.00000341. The molecule has 1 N–H and O–H groups in total. The summed E-state index contributed by atoms with van der Waals surface area (Å²) < 4.78 is 17.1. The number of ether oxygens (including phenoxy) is 3. The van der Waals surface area contributed by atoms with E-state index in [1.54, 1.807) is 25.3 Å². The lowest BCUT2D eigenvalue weighted by Gasteiger charge is -2.26. The second-order valence-corrected chi connectivity index (χ2v) is 7.85. The highest BCUT2D eigenvalue weighted by atomic mass is 35.5. The Bertz CT molecular complexity index is 884. The average molecular weight is 492 g/mol. The van der Waals surface area contributed by atoms with Crippen LogP contribution < -0.4 is 19.5 Å². The van der Waals surface area contributed by atoms with Crippen molar-refractivity contribution in [3.05, 3.63) is 57.0 Å². The van der Waals surface area contributed by atoms with Crippen molar-refractivity contribution in [1.82, 2.24) is 5.32 Å². The standard InChI is InChI=1S/C21H24Cl2N2O5.ClH/c1-28-18-7-6-13(9-20(18)29-2)19(30-21(26)17-5-3-4-8-24-17)10-14-15(22)11-25(27)12-16(14)23;/h6-7,9,11-12,17,19,24H,3-5,8,10H2,1-2H3;1H/t17-,19-;/m0./s1. The molecule has 0 spiro atoms. The maximum atomic E-state index is 12.8. The molecule has 1 aliphatic heterocycles. The van der Waals surface area contributed by atoms with Gasteiger partial charge in [0.2, 0.25) is 0 Å². The van der Waals surface area contributed by atoms with E-state index in [-0.39, 0.29) is 40.9 Å². The lowest BCUT2D eigenvalue weighted by atomic mass is 10.0. The monoisotopic (exact) mass is 490 g/mol. The van der Waals surface area contributed by atoms with Crippen LogP contribution in [-0.4, -0.2) is 32.8 Å². The summed E-state index contributed by atoms with van der Waals surface area (Å²) in [5.74, 6) is 0.731. The number of esters is 1. The number of nitrogens with one attached hydrogen (secondary N) is 1. The van der Waals surface area contributed by atoms with Gasteiger partial charge in [0.25, 0.3) is 0 Å². The van der Waals surface area contributed by atoms with E-state index in [2.05, 4.69) is 5.32 Å². The van der Waals surface area contributed by atoms with Crippen LogP contribution in [0, 0.1) is 5.21 Å². The molecule has 0 amide bonds. The SMILES string of the molecule is COc1ccc([C@H](Cc2c(Cl)c[n+]([O-])cc2Cl)OC(=O)[C@@H]2CCCCN2)cc1OC.Cl. The van der Waals surface area contributed by atoms with Crippen molar-refractivity contribution in [1.29, 1.82) is 0 Å². The Labute approximate surface area is 197 Å². The third kappa shape index (κ3) is 6.29. The van der Waals surface area contributed by atoms with Crippen LogP contribution in [0.3, 0.4) is 0 Å². The number of methoxy groups -OCH3 is 2. The number of piperidine rings is 1. The molecule has 1 aromatic carbocycles. The molecule has 1 fully saturated rings. The summed E-state index contributed by atoms with van der Waals surface area (Å²) >= 11 is 12.5. The van der Waals surface area contributed by atoms with Crippen molar-refractivity contribution in [3.8, 4) is 11.5 Å². The van der Waals surface area contributed by atoms with Crippen LogP contribution >= 0.6 is 35.6 Å². The van der Waals surface area contributed by atoms with Crippen LogP contribution in [0.25, 0.3) is 0 Å². The second kappa shape index (κ2) is 11.6. The van der Waals surface area contributed by atoms with E-state index in [0.29, 0.717) is 27.4 Å². The Morgan fingerprint density at radius 2 is 1.87 bits per heavy atom. The predicted octanol–water partition coefficient (Wildman–Crippen LogP) is 4.03. The number of carbonyl (C=O) groups is 1. The zero-order chi connectivity index (χ0) is 21.7. The molecule has 7 nitrogen and oxygen atoms in total. The highest BCUT2D eigenvalue weighted by Gasteiger charge is 2.28. The van der Waals surface area contributed by atoms with E-state index >= 15 is 0 Å². The molecule has 170 valence electrons. The fraction of sp³-hybridized carbons (Fsp3) is 0.429. The highest BCUT2D eigenvalue weighted by Crippen LogP contribution is 2.35. The molecule has 31 heavy (non-hydrogen) atoms. The molecule has 10 heteroatoms. The lowest BCUT2D eigenvalue weighted by molar-refractivity contribution is -0.605. The average Bonchev–Trinajstić information content (AvgIpc) is 2.75. The van der Waals surface area contributed by atoms with Gasteiger partial charge in [0.05, 0.1) is 14.2 Å². The van der Waals surface area contributed by atoms with Gasteiger partial charge in [-0.2, -0.15) is 4.73 Å². The molecule has 2 aromatic rings. The van der Waals surface area contributed by atoms with Gasteiger partial charge < -0.3 is 24.7 Å². The van der Waals surface area contributed by atoms with E-state index < -0.39 is 6.10 Å². The maximum Gasteiger partial charge on any atom is 0.323 e. The number of rotatable bonds is 7. The van der Waals surface area contributed by atoms with Gasteiger partial charge in [-0.1, -0.05) is 35.7 Å². The molecule has 2 heterocycles. The normalized spacial score (nSPS) is 16.7. The van der Waals surface area contributed by atoms with E-state index in [1.807, 2.05) is 0 Å². The summed E-state index contributed by atoms with van der Waals surface area (Å²) in [6.45, 7) is 0.778. The Morgan fingerprint density at radius 3 is 2.45 bits per heavy atom. The van der Waals surface area contributed by atoms with Crippen LogP contribution in [0.15, 0.2) is 30.6 Å². The number of aromatic nitrogens is 1. The molecule has 0 saturated carbocycles. The van der Waals surface area contributed by atoms with E-state index in [1.165, 1.54) is 19.5 Å². The Morgan fingerprint density at radius 1 is 1.19 bits per heavy atom. The first kappa shape index (κ1) is 25.3. The number of hydrogen-bond donors (Lipinski definition) is 1. The molecule has 1 saturated heterocycles.